The van der Waals surface area contributed by atoms with Crippen molar-refractivity contribution in [2.45, 2.75) is 40.0 Å². The summed E-state index contributed by atoms with van der Waals surface area (Å²) in [5.41, 5.74) is 6.21. The maximum atomic E-state index is 14.4. The number of hydrogen-bond donors (Lipinski definition) is 0. The third kappa shape index (κ3) is 3.80. The van der Waals surface area contributed by atoms with E-state index in [0.717, 1.165) is 36.2 Å². The molecule has 0 N–H and O–H groups in total. The SMILES string of the molecule is CC(=O)c1cc(C)c(-n2nc(C)c3c2C=CC(CCc2ccccc2)C3)cc1F. The summed E-state index contributed by atoms with van der Waals surface area (Å²) >= 11 is 0. The number of carbonyl (C=O) groups excluding carboxylic acids is 1. The molecule has 3 aromatic rings. The zero-order valence-corrected chi connectivity index (χ0v) is 17.1. The van der Waals surface area contributed by atoms with Crippen LogP contribution < -0.4 is 0 Å². The van der Waals surface area contributed by atoms with Crippen LogP contribution in [-0.4, -0.2) is 15.6 Å². The number of Topliss-reactive ketones (excluding diaryl/α,β-unsaturated/α-hetero) is 1. The number of aryl methyl sites for hydroxylation is 3. The highest BCUT2D eigenvalue weighted by atomic mass is 19.1. The summed E-state index contributed by atoms with van der Waals surface area (Å²) in [6.45, 7) is 5.29. The Bertz CT molecular complexity index is 1100. The van der Waals surface area contributed by atoms with Crippen molar-refractivity contribution in [2.24, 2.45) is 5.92 Å². The van der Waals surface area contributed by atoms with Gasteiger partial charge < -0.3 is 0 Å². The van der Waals surface area contributed by atoms with Gasteiger partial charge >= 0.3 is 0 Å². The predicted molar refractivity (Wildman–Crippen MR) is 114 cm³/mol. The molecule has 0 spiro atoms. The largest absolute Gasteiger partial charge is 0.294 e. The molecule has 0 saturated carbocycles. The number of aromatic nitrogens is 2. The lowest BCUT2D eigenvalue weighted by atomic mass is 9.88. The van der Waals surface area contributed by atoms with E-state index in [1.54, 1.807) is 6.07 Å². The molecule has 148 valence electrons. The number of allylic oxidation sites excluding steroid dienone is 1. The monoisotopic (exact) mass is 388 g/mol. The summed E-state index contributed by atoms with van der Waals surface area (Å²) in [4.78, 5) is 11.6. The molecule has 0 radical (unpaired) electrons. The number of benzene rings is 2. The highest BCUT2D eigenvalue weighted by Crippen LogP contribution is 2.31. The van der Waals surface area contributed by atoms with E-state index in [1.165, 1.54) is 24.1 Å². The van der Waals surface area contributed by atoms with E-state index in [9.17, 15) is 9.18 Å². The molecule has 0 fully saturated rings. The third-order valence-corrected chi connectivity index (χ3v) is 5.76. The highest BCUT2D eigenvalue weighted by molar-refractivity contribution is 5.94. The first-order chi connectivity index (χ1) is 13.9. The van der Waals surface area contributed by atoms with Crippen LogP contribution in [0.2, 0.25) is 0 Å². The number of nitrogens with zero attached hydrogens (tertiary/aromatic N) is 2. The van der Waals surface area contributed by atoms with E-state index < -0.39 is 5.82 Å². The molecule has 4 heteroatoms. The molecule has 1 atom stereocenters. The van der Waals surface area contributed by atoms with Crippen LogP contribution in [0, 0.1) is 25.6 Å². The number of carbonyl (C=O) groups is 1. The van der Waals surface area contributed by atoms with Gasteiger partial charge in [-0.25, -0.2) is 9.07 Å². The normalized spacial score (nSPS) is 15.4. The molecule has 2 aromatic carbocycles. The summed E-state index contributed by atoms with van der Waals surface area (Å²) in [6, 6.07) is 13.6. The molecular weight excluding hydrogens is 363 g/mol. The number of rotatable bonds is 5. The van der Waals surface area contributed by atoms with E-state index in [2.05, 4.69) is 36.4 Å². The molecule has 0 saturated heterocycles. The van der Waals surface area contributed by atoms with Gasteiger partial charge in [0.15, 0.2) is 5.78 Å². The molecule has 1 aromatic heterocycles. The molecular formula is C25H25FN2O. The van der Waals surface area contributed by atoms with Gasteiger partial charge in [-0.3, -0.25) is 4.79 Å². The van der Waals surface area contributed by atoms with Gasteiger partial charge in [0.05, 0.1) is 22.6 Å². The van der Waals surface area contributed by atoms with E-state index in [-0.39, 0.29) is 11.3 Å². The highest BCUT2D eigenvalue weighted by Gasteiger charge is 2.23. The summed E-state index contributed by atoms with van der Waals surface area (Å²) in [5.74, 6) is -0.297. The number of halogens is 1. The van der Waals surface area contributed by atoms with Crippen LogP contribution in [0.4, 0.5) is 4.39 Å². The maximum Gasteiger partial charge on any atom is 0.162 e. The second kappa shape index (κ2) is 7.78. The molecule has 0 amide bonds. The molecule has 3 nitrogen and oxygen atoms in total. The zero-order chi connectivity index (χ0) is 20.5. The quantitative estimate of drug-likeness (QED) is 0.530. The first kappa shape index (κ1) is 19.3. The topological polar surface area (TPSA) is 34.9 Å². The van der Waals surface area contributed by atoms with Crippen LogP contribution in [0.3, 0.4) is 0 Å². The Morgan fingerprint density at radius 2 is 1.97 bits per heavy atom. The Morgan fingerprint density at radius 1 is 1.21 bits per heavy atom. The molecule has 1 aliphatic rings. The molecule has 4 rings (SSSR count). The van der Waals surface area contributed by atoms with Crippen LogP contribution in [0.15, 0.2) is 48.5 Å². The fraction of sp³-hybridized carbons (Fsp3) is 0.280. The van der Waals surface area contributed by atoms with Gasteiger partial charge in [-0.2, -0.15) is 5.10 Å². The van der Waals surface area contributed by atoms with Crippen molar-refractivity contribution >= 4 is 11.9 Å². The smallest absolute Gasteiger partial charge is 0.162 e. The van der Waals surface area contributed by atoms with Crippen molar-refractivity contribution in [3.8, 4) is 5.69 Å². The minimum Gasteiger partial charge on any atom is -0.294 e. The summed E-state index contributed by atoms with van der Waals surface area (Å²) in [7, 11) is 0. The van der Waals surface area contributed by atoms with Gasteiger partial charge in [-0.05, 0) is 69.2 Å². The molecule has 1 unspecified atom stereocenters. The first-order valence-electron chi connectivity index (χ1n) is 10.1. The lowest BCUT2D eigenvalue weighted by Crippen LogP contribution is -2.11. The Morgan fingerprint density at radius 3 is 2.69 bits per heavy atom. The van der Waals surface area contributed by atoms with Crippen molar-refractivity contribution in [1.82, 2.24) is 9.78 Å². The van der Waals surface area contributed by atoms with Crippen LogP contribution in [-0.2, 0) is 12.8 Å². The lowest BCUT2D eigenvalue weighted by Gasteiger charge is -2.19. The fourth-order valence-electron chi connectivity index (χ4n) is 4.11. The zero-order valence-electron chi connectivity index (χ0n) is 17.1. The van der Waals surface area contributed by atoms with Crippen molar-refractivity contribution < 1.29 is 9.18 Å². The molecule has 1 aliphatic carbocycles. The van der Waals surface area contributed by atoms with E-state index >= 15 is 0 Å². The first-order valence-corrected chi connectivity index (χ1v) is 10.1. The standard InChI is InChI=1S/C25H25FN2O/c1-16-13-22(18(3)29)23(26)15-25(16)28-24-12-11-20(14-21(24)17(2)27-28)10-9-19-7-5-4-6-8-19/h4-8,11-13,15,20H,9-10,14H2,1-3H3. The van der Waals surface area contributed by atoms with E-state index in [0.29, 0.717) is 11.6 Å². The number of fused-ring (bicyclic) bond motifs is 1. The van der Waals surface area contributed by atoms with Crippen LogP contribution >= 0.6 is 0 Å². The van der Waals surface area contributed by atoms with Gasteiger partial charge in [-0.1, -0.05) is 36.4 Å². The summed E-state index contributed by atoms with van der Waals surface area (Å²) < 4.78 is 16.3. The van der Waals surface area contributed by atoms with Crippen molar-refractivity contribution in [3.63, 3.8) is 0 Å². The van der Waals surface area contributed by atoms with Crippen molar-refractivity contribution in [1.29, 1.82) is 0 Å². The van der Waals surface area contributed by atoms with Crippen molar-refractivity contribution in [3.05, 3.63) is 88.0 Å². The van der Waals surface area contributed by atoms with Crippen molar-refractivity contribution in [2.75, 3.05) is 0 Å². The summed E-state index contributed by atoms with van der Waals surface area (Å²) in [5, 5.41) is 4.71. The Hall–Kier alpha value is -3.01. The number of ketones is 1. The second-order valence-corrected chi connectivity index (χ2v) is 7.88. The van der Waals surface area contributed by atoms with Crippen LogP contribution in [0.1, 0.15) is 51.8 Å². The van der Waals surface area contributed by atoms with Crippen LogP contribution in [0.25, 0.3) is 11.8 Å². The Kier molecular flexibility index (Phi) is 5.18. The minimum absolute atomic E-state index is 0.125. The van der Waals surface area contributed by atoms with Gasteiger partial charge in [0.25, 0.3) is 0 Å². The fourth-order valence-corrected chi connectivity index (χ4v) is 4.11. The second-order valence-electron chi connectivity index (χ2n) is 7.88. The third-order valence-electron chi connectivity index (χ3n) is 5.76. The maximum absolute atomic E-state index is 14.4. The van der Waals surface area contributed by atoms with Gasteiger partial charge in [0.2, 0.25) is 0 Å². The number of hydrogen-bond acceptors (Lipinski definition) is 2. The molecule has 0 bridgehead atoms. The Balaban J connectivity index is 1.61. The average molecular weight is 388 g/mol. The van der Waals surface area contributed by atoms with Crippen LogP contribution in [0.5, 0.6) is 0 Å². The molecule has 0 aliphatic heterocycles. The van der Waals surface area contributed by atoms with Gasteiger partial charge in [-0.15, -0.1) is 0 Å². The summed E-state index contributed by atoms with van der Waals surface area (Å²) in [6.07, 6.45) is 7.45. The predicted octanol–water partition coefficient (Wildman–Crippen LogP) is 5.65. The lowest BCUT2D eigenvalue weighted by molar-refractivity contribution is 0.101. The molecule has 1 heterocycles. The van der Waals surface area contributed by atoms with Gasteiger partial charge in [0, 0.05) is 11.6 Å². The Labute approximate surface area is 170 Å². The van der Waals surface area contributed by atoms with Gasteiger partial charge in [0.1, 0.15) is 5.82 Å². The average Bonchev–Trinajstić information content (AvgIpc) is 3.04. The molecule has 29 heavy (non-hydrogen) atoms. The van der Waals surface area contributed by atoms with E-state index in [4.69, 9.17) is 5.10 Å². The van der Waals surface area contributed by atoms with E-state index in [1.807, 2.05) is 24.6 Å². The minimum atomic E-state index is -0.500.